The Kier molecular flexibility index (Phi) is 4.57. The van der Waals surface area contributed by atoms with Gasteiger partial charge in [-0.3, -0.25) is 9.69 Å². The van der Waals surface area contributed by atoms with E-state index in [9.17, 15) is 4.79 Å². The standard InChI is InChI=1S/C16H19BrClNO2/c17-15-4-1-12(18)8-11(15)9-19-13-2-3-14(19)6-10(5-13)7-16(20)21/h1,4,8,10,13-14H,2-3,5-7,9H2,(H,20,21). The molecule has 0 aliphatic carbocycles. The molecule has 1 N–H and O–H groups in total. The minimum atomic E-state index is -0.662. The molecule has 114 valence electrons. The summed E-state index contributed by atoms with van der Waals surface area (Å²) in [6.45, 7) is 0.899. The van der Waals surface area contributed by atoms with Crippen LogP contribution in [0.5, 0.6) is 0 Å². The number of hydrogen-bond acceptors (Lipinski definition) is 2. The number of hydrogen-bond donors (Lipinski definition) is 1. The second kappa shape index (κ2) is 6.27. The fraction of sp³-hybridized carbons (Fsp3) is 0.562. The molecule has 2 saturated heterocycles. The summed E-state index contributed by atoms with van der Waals surface area (Å²) in [5, 5.41) is 9.76. The van der Waals surface area contributed by atoms with Crippen molar-refractivity contribution >= 4 is 33.5 Å². The molecule has 2 unspecified atom stereocenters. The molecule has 2 aliphatic heterocycles. The van der Waals surface area contributed by atoms with Crippen LogP contribution in [0.4, 0.5) is 0 Å². The Morgan fingerprint density at radius 2 is 2.00 bits per heavy atom. The molecule has 0 aromatic heterocycles. The van der Waals surface area contributed by atoms with Crippen molar-refractivity contribution in [2.75, 3.05) is 0 Å². The summed E-state index contributed by atoms with van der Waals surface area (Å²) in [5.74, 6) is -0.315. The van der Waals surface area contributed by atoms with Crippen molar-refractivity contribution in [1.82, 2.24) is 4.90 Å². The van der Waals surface area contributed by atoms with Crippen molar-refractivity contribution in [1.29, 1.82) is 0 Å². The molecular weight excluding hydrogens is 354 g/mol. The maximum atomic E-state index is 10.9. The maximum absolute atomic E-state index is 10.9. The van der Waals surface area contributed by atoms with E-state index < -0.39 is 5.97 Å². The van der Waals surface area contributed by atoms with Gasteiger partial charge in [-0.25, -0.2) is 0 Å². The monoisotopic (exact) mass is 371 g/mol. The van der Waals surface area contributed by atoms with Crippen LogP contribution in [-0.4, -0.2) is 28.1 Å². The third kappa shape index (κ3) is 3.43. The van der Waals surface area contributed by atoms with E-state index >= 15 is 0 Å². The molecular formula is C16H19BrClNO2. The smallest absolute Gasteiger partial charge is 0.303 e. The van der Waals surface area contributed by atoms with Crippen molar-refractivity contribution in [3.8, 4) is 0 Å². The molecule has 2 fully saturated rings. The van der Waals surface area contributed by atoms with Crippen LogP contribution in [0.25, 0.3) is 0 Å². The van der Waals surface area contributed by atoms with Crippen LogP contribution in [-0.2, 0) is 11.3 Å². The van der Waals surface area contributed by atoms with Crippen LogP contribution in [0.2, 0.25) is 5.02 Å². The van der Waals surface area contributed by atoms with Gasteiger partial charge in [0.15, 0.2) is 0 Å². The first-order valence-corrected chi connectivity index (χ1v) is 8.61. The Labute approximate surface area is 138 Å². The Balaban J connectivity index is 1.71. The summed E-state index contributed by atoms with van der Waals surface area (Å²) >= 11 is 9.70. The molecule has 0 spiro atoms. The van der Waals surface area contributed by atoms with Crippen molar-refractivity contribution in [3.63, 3.8) is 0 Å². The first kappa shape index (κ1) is 15.3. The molecule has 2 atom stereocenters. The minimum Gasteiger partial charge on any atom is -0.481 e. The summed E-state index contributed by atoms with van der Waals surface area (Å²) in [6.07, 6.45) is 4.74. The highest BCUT2D eigenvalue weighted by molar-refractivity contribution is 9.10. The Bertz CT molecular complexity index is 537. The second-order valence-electron chi connectivity index (χ2n) is 6.23. The zero-order valence-corrected chi connectivity index (χ0v) is 14.1. The molecule has 0 amide bonds. The van der Waals surface area contributed by atoms with E-state index in [1.807, 2.05) is 18.2 Å². The third-order valence-corrected chi connectivity index (χ3v) is 5.81. The number of halogens is 2. The van der Waals surface area contributed by atoms with E-state index in [4.69, 9.17) is 16.7 Å². The molecule has 21 heavy (non-hydrogen) atoms. The zero-order chi connectivity index (χ0) is 15.0. The van der Waals surface area contributed by atoms with E-state index in [0.717, 1.165) is 28.9 Å². The molecule has 2 heterocycles. The van der Waals surface area contributed by atoms with Gasteiger partial charge in [0.1, 0.15) is 0 Å². The van der Waals surface area contributed by atoms with Gasteiger partial charge in [0.25, 0.3) is 0 Å². The van der Waals surface area contributed by atoms with Crippen molar-refractivity contribution in [2.45, 2.75) is 50.7 Å². The number of aliphatic carboxylic acids is 1. The molecule has 0 saturated carbocycles. The molecule has 1 aromatic carbocycles. The van der Waals surface area contributed by atoms with E-state index in [1.165, 1.54) is 18.4 Å². The summed E-state index contributed by atoms with van der Waals surface area (Å²) in [7, 11) is 0. The Morgan fingerprint density at radius 3 is 2.62 bits per heavy atom. The first-order chi connectivity index (χ1) is 10.0. The van der Waals surface area contributed by atoms with Gasteiger partial charge in [0.05, 0.1) is 0 Å². The quantitative estimate of drug-likeness (QED) is 0.855. The lowest BCUT2D eigenvalue weighted by atomic mass is 9.88. The maximum Gasteiger partial charge on any atom is 0.303 e. The molecule has 5 heteroatoms. The number of piperidine rings is 1. The van der Waals surface area contributed by atoms with Gasteiger partial charge in [0.2, 0.25) is 0 Å². The van der Waals surface area contributed by atoms with Gasteiger partial charge in [-0.1, -0.05) is 27.5 Å². The van der Waals surface area contributed by atoms with Crippen LogP contribution >= 0.6 is 27.5 Å². The van der Waals surface area contributed by atoms with Gasteiger partial charge < -0.3 is 5.11 Å². The van der Waals surface area contributed by atoms with Crippen molar-refractivity contribution in [3.05, 3.63) is 33.3 Å². The van der Waals surface area contributed by atoms with Gasteiger partial charge in [0, 0.05) is 34.5 Å². The zero-order valence-electron chi connectivity index (χ0n) is 11.8. The lowest BCUT2D eigenvalue weighted by Gasteiger charge is -2.38. The predicted octanol–water partition coefficient (Wildman–Crippen LogP) is 4.32. The minimum absolute atomic E-state index is 0.321. The number of nitrogens with zero attached hydrogens (tertiary/aromatic N) is 1. The van der Waals surface area contributed by atoms with Gasteiger partial charge in [-0.05, 0) is 55.4 Å². The number of carboxylic acids is 1. The van der Waals surface area contributed by atoms with Crippen molar-refractivity contribution < 1.29 is 9.90 Å². The van der Waals surface area contributed by atoms with Crippen LogP contribution in [0.1, 0.15) is 37.7 Å². The molecule has 2 bridgehead atoms. The highest BCUT2D eigenvalue weighted by atomic mass is 79.9. The van der Waals surface area contributed by atoms with Crippen LogP contribution in [0.15, 0.2) is 22.7 Å². The Hall–Kier alpha value is -0.580. The summed E-state index contributed by atoms with van der Waals surface area (Å²) in [4.78, 5) is 13.5. The van der Waals surface area contributed by atoms with Crippen LogP contribution in [0.3, 0.4) is 0 Å². The fourth-order valence-corrected chi connectivity index (χ4v) is 4.49. The number of fused-ring (bicyclic) bond motifs is 2. The normalized spacial score (nSPS) is 28.8. The Morgan fingerprint density at radius 1 is 1.33 bits per heavy atom. The number of carboxylic acid groups (broad SMARTS) is 1. The third-order valence-electron chi connectivity index (χ3n) is 4.81. The molecule has 2 aliphatic rings. The number of carbonyl (C=O) groups is 1. The van der Waals surface area contributed by atoms with Crippen molar-refractivity contribution in [2.24, 2.45) is 5.92 Å². The highest BCUT2D eigenvalue weighted by Crippen LogP contribution is 2.41. The molecule has 3 nitrogen and oxygen atoms in total. The van der Waals surface area contributed by atoms with Crippen LogP contribution in [0, 0.1) is 5.92 Å². The van der Waals surface area contributed by atoms with E-state index in [-0.39, 0.29) is 0 Å². The fourth-order valence-electron chi connectivity index (χ4n) is 3.92. The average molecular weight is 373 g/mol. The number of rotatable bonds is 4. The van der Waals surface area contributed by atoms with Gasteiger partial charge in [-0.15, -0.1) is 0 Å². The topological polar surface area (TPSA) is 40.5 Å². The van der Waals surface area contributed by atoms with E-state index in [0.29, 0.717) is 24.4 Å². The first-order valence-electron chi connectivity index (χ1n) is 7.44. The lowest BCUT2D eigenvalue weighted by Crippen LogP contribution is -2.42. The van der Waals surface area contributed by atoms with E-state index in [1.54, 1.807) is 0 Å². The molecule has 0 radical (unpaired) electrons. The SMILES string of the molecule is O=C(O)CC1CC2CCC(C1)N2Cc1cc(Cl)ccc1Br. The predicted molar refractivity (Wildman–Crippen MR) is 86.5 cm³/mol. The lowest BCUT2D eigenvalue weighted by molar-refractivity contribution is -0.138. The van der Waals surface area contributed by atoms with Gasteiger partial charge in [-0.2, -0.15) is 0 Å². The largest absolute Gasteiger partial charge is 0.481 e. The highest BCUT2D eigenvalue weighted by Gasteiger charge is 2.41. The summed E-state index contributed by atoms with van der Waals surface area (Å²) in [5.41, 5.74) is 1.22. The molecule has 1 aromatic rings. The summed E-state index contributed by atoms with van der Waals surface area (Å²) < 4.78 is 1.10. The van der Waals surface area contributed by atoms with Crippen LogP contribution < -0.4 is 0 Å². The second-order valence-corrected chi connectivity index (χ2v) is 7.52. The summed E-state index contributed by atoms with van der Waals surface area (Å²) in [6, 6.07) is 6.96. The van der Waals surface area contributed by atoms with Gasteiger partial charge >= 0.3 is 5.97 Å². The number of benzene rings is 1. The van der Waals surface area contributed by atoms with E-state index in [2.05, 4.69) is 20.8 Å². The average Bonchev–Trinajstić information content (AvgIpc) is 2.65. The molecule has 3 rings (SSSR count).